The summed E-state index contributed by atoms with van der Waals surface area (Å²) in [4.78, 5) is 15.9. The number of hydrogen-bond donors (Lipinski definition) is 1. The van der Waals surface area contributed by atoms with Gasteiger partial charge in [-0.2, -0.15) is 13.2 Å². The van der Waals surface area contributed by atoms with Crippen LogP contribution in [0.4, 0.5) is 28.0 Å². The summed E-state index contributed by atoms with van der Waals surface area (Å²) in [5.74, 6) is -1.48. The highest BCUT2D eigenvalue weighted by atomic mass is 35.5. The van der Waals surface area contributed by atoms with E-state index in [-0.39, 0.29) is 0 Å². The van der Waals surface area contributed by atoms with Crippen LogP contribution in [-0.4, -0.2) is 42.0 Å². The molecule has 0 aromatic heterocycles. The lowest BCUT2D eigenvalue weighted by Gasteiger charge is -2.34. The molecule has 2 aromatic rings. The minimum Gasteiger partial charge on any atom is -0.322 e. The van der Waals surface area contributed by atoms with Gasteiger partial charge in [-0.1, -0.05) is 29.8 Å². The first kappa shape index (κ1) is 20.4. The van der Waals surface area contributed by atoms with Gasteiger partial charge in [-0.25, -0.2) is 9.18 Å². The minimum absolute atomic E-state index is 0.389. The van der Waals surface area contributed by atoms with E-state index in [1.165, 1.54) is 4.90 Å². The molecule has 150 valence electrons. The van der Waals surface area contributed by atoms with Gasteiger partial charge in [0.15, 0.2) is 5.82 Å². The Kier molecular flexibility index (Phi) is 6.10. The van der Waals surface area contributed by atoms with Crippen LogP contribution in [0, 0.1) is 5.82 Å². The molecule has 0 saturated carbocycles. The van der Waals surface area contributed by atoms with Gasteiger partial charge in [0, 0.05) is 37.7 Å². The zero-order chi connectivity index (χ0) is 20.3. The number of benzene rings is 2. The third-order valence-electron chi connectivity index (χ3n) is 4.52. The average Bonchev–Trinajstić information content (AvgIpc) is 2.65. The predicted molar refractivity (Wildman–Crippen MR) is 98.7 cm³/mol. The van der Waals surface area contributed by atoms with Crippen LogP contribution in [-0.2, 0) is 12.7 Å². The Bertz CT molecular complexity index is 834. The van der Waals surface area contributed by atoms with E-state index in [9.17, 15) is 22.4 Å². The topological polar surface area (TPSA) is 35.6 Å². The Balaban J connectivity index is 1.56. The first-order valence-electron chi connectivity index (χ1n) is 8.62. The van der Waals surface area contributed by atoms with Crippen molar-refractivity contribution in [3.8, 4) is 0 Å². The molecule has 4 nitrogen and oxygen atoms in total. The predicted octanol–water partition coefficient (Wildman–Crippen LogP) is 4.85. The van der Waals surface area contributed by atoms with Gasteiger partial charge < -0.3 is 10.2 Å². The standard InChI is InChI=1S/C19H18ClF4N3O/c20-14-6-4-13(5-7-14)12-26-8-10-27(11-9-26)18(28)25-16-3-1-2-15(17(16)21)19(22,23)24/h1-7H,8-12H2,(H,25,28). The average molecular weight is 416 g/mol. The molecule has 9 heteroatoms. The molecule has 0 atom stereocenters. The smallest absolute Gasteiger partial charge is 0.322 e. The lowest BCUT2D eigenvalue weighted by Crippen LogP contribution is -2.49. The summed E-state index contributed by atoms with van der Waals surface area (Å²) < 4.78 is 52.4. The number of anilines is 1. The molecule has 0 radical (unpaired) electrons. The van der Waals surface area contributed by atoms with Crippen molar-refractivity contribution in [1.29, 1.82) is 0 Å². The molecule has 0 spiro atoms. The lowest BCUT2D eigenvalue weighted by atomic mass is 10.1. The Morgan fingerprint density at radius 1 is 1.04 bits per heavy atom. The Morgan fingerprint density at radius 3 is 2.29 bits per heavy atom. The zero-order valence-electron chi connectivity index (χ0n) is 14.8. The molecule has 1 aliphatic heterocycles. The van der Waals surface area contributed by atoms with Crippen LogP contribution in [0.15, 0.2) is 42.5 Å². The third-order valence-corrected chi connectivity index (χ3v) is 4.78. The van der Waals surface area contributed by atoms with E-state index < -0.39 is 29.3 Å². The largest absolute Gasteiger partial charge is 0.419 e. The molecule has 2 aromatic carbocycles. The van der Waals surface area contributed by atoms with Gasteiger partial charge in [-0.3, -0.25) is 4.90 Å². The van der Waals surface area contributed by atoms with E-state index in [1.54, 1.807) is 0 Å². The number of carbonyl (C=O) groups is 1. The molecule has 1 N–H and O–H groups in total. The fourth-order valence-electron chi connectivity index (χ4n) is 3.00. The number of hydrogen-bond acceptors (Lipinski definition) is 2. The van der Waals surface area contributed by atoms with Crippen LogP contribution < -0.4 is 5.32 Å². The van der Waals surface area contributed by atoms with Crippen LogP contribution in [0.3, 0.4) is 0 Å². The summed E-state index contributed by atoms with van der Waals surface area (Å²) in [6, 6.07) is 9.67. The van der Waals surface area contributed by atoms with E-state index in [0.29, 0.717) is 43.8 Å². The number of carbonyl (C=O) groups excluding carboxylic acids is 1. The van der Waals surface area contributed by atoms with E-state index in [4.69, 9.17) is 11.6 Å². The summed E-state index contributed by atoms with van der Waals surface area (Å²) in [6.45, 7) is 2.68. The number of alkyl halides is 3. The fraction of sp³-hybridized carbons (Fsp3) is 0.316. The van der Waals surface area contributed by atoms with E-state index in [0.717, 1.165) is 17.7 Å². The summed E-state index contributed by atoms with van der Waals surface area (Å²) in [5, 5.41) is 2.90. The molecule has 28 heavy (non-hydrogen) atoms. The van der Waals surface area contributed by atoms with Gasteiger partial charge in [0.25, 0.3) is 0 Å². The molecular weight excluding hydrogens is 398 g/mol. The maximum absolute atomic E-state index is 14.1. The number of rotatable bonds is 3. The van der Waals surface area contributed by atoms with E-state index in [1.807, 2.05) is 24.3 Å². The number of halogens is 5. The minimum atomic E-state index is -4.82. The van der Waals surface area contributed by atoms with E-state index in [2.05, 4.69) is 10.2 Å². The molecule has 3 rings (SSSR count). The van der Waals surface area contributed by atoms with Gasteiger partial charge in [0.05, 0.1) is 11.3 Å². The Hall–Kier alpha value is -2.32. The van der Waals surface area contributed by atoms with Crippen molar-refractivity contribution in [2.45, 2.75) is 12.7 Å². The molecule has 1 heterocycles. The van der Waals surface area contributed by atoms with Gasteiger partial charge in [-0.05, 0) is 29.8 Å². The molecule has 1 saturated heterocycles. The maximum Gasteiger partial charge on any atom is 0.419 e. The highest BCUT2D eigenvalue weighted by Crippen LogP contribution is 2.34. The summed E-state index contributed by atoms with van der Waals surface area (Å²) in [5.41, 5.74) is -0.796. The summed E-state index contributed by atoms with van der Waals surface area (Å²) in [6.07, 6.45) is -4.82. The van der Waals surface area contributed by atoms with E-state index >= 15 is 0 Å². The van der Waals surface area contributed by atoms with Crippen LogP contribution in [0.2, 0.25) is 5.02 Å². The number of urea groups is 1. The second kappa shape index (κ2) is 8.36. The highest BCUT2D eigenvalue weighted by Gasteiger charge is 2.35. The molecule has 1 aliphatic rings. The van der Waals surface area contributed by atoms with Gasteiger partial charge in [0.1, 0.15) is 0 Å². The van der Waals surface area contributed by atoms with Gasteiger partial charge >= 0.3 is 12.2 Å². The van der Waals surface area contributed by atoms with Crippen LogP contribution >= 0.6 is 11.6 Å². The lowest BCUT2D eigenvalue weighted by molar-refractivity contribution is -0.139. The van der Waals surface area contributed by atoms with Crippen molar-refractivity contribution in [3.05, 3.63) is 64.4 Å². The van der Waals surface area contributed by atoms with Crippen molar-refractivity contribution in [2.75, 3.05) is 31.5 Å². The molecule has 0 aliphatic carbocycles. The first-order chi connectivity index (χ1) is 13.2. The molecule has 2 amide bonds. The second-order valence-electron chi connectivity index (χ2n) is 6.48. The molecule has 0 bridgehead atoms. The van der Waals surface area contributed by atoms with Crippen molar-refractivity contribution in [3.63, 3.8) is 0 Å². The molecular formula is C19H18ClF4N3O. The second-order valence-corrected chi connectivity index (χ2v) is 6.92. The van der Waals surface area contributed by atoms with Crippen molar-refractivity contribution in [1.82, 2.24) is 9.80 Å². The normalized spacial score (nSPS) is 15.5. The van der Waals surface area contributed by atoms with Crippen LogP contribution in [0.5, 0.6) is 0 Å². The van der Waals surface area contributed by atoms with Crippen molar-refractivity contribution >= 4 is 23.3 Å². The van der Waals surface area contributed by atoms with Gasteiger partial charge in [0.2, 0.25) is 0 Å². The van der Waals surface area contributed by atoms with Crippen LogP contribution in [0.25, 0.3) is 0 Å². The van der Waals surface area contributed by atoms with Crippen molar-refractivity contribution in [2.24, 2.45) is 0 Å². The zero-order valence-corrected chi connectivity index (χ0v) is 15.5. The fourth-order valence-corrected chi connectivity index (χ4v) is 3.12. The van der Waals surface area contributed by atoms with Gasteiger partial charge in [-0.15, -0.1) is 0 Å². The SMILES string of the molecule is O=C(Nc1cccc(C(F)(F)F)c1F)N1CCN(Cc2ccc(Cl)cc2)CC1. The molecule has 1 fully saturated rings. The summed E-state index contributed by atoms with van der Waals surface area (Å²) >= 11 is 5.87. The number of nitrogens with one attached hydrogen (secondary N) is 1. The van der Waals surface area contributed by atoms with Crippen LogP contribution in [0.1, 0.15) is 11.1 Å². The number of piperazine rings is 1. The molecule has 0 unspecified atom stereocenters. The number of nitrogens with zero attached hydrogens (tertiary/aromatic N) is 2. The third kappa shape index (κ3) is 4.94. The van der Waals surface area contributed by atoms with Crippen molar-refractivity contribution < 1.29 is 22.4 Å². The maximum atomic E-state index is 14.1. The monoisotopic (exact) mass is 415 g/mol. The first-order valence-corrected chi connectivity index (χ1v) is 9.00. The quantitative estimate of drug-likeness (QED) is 0.727. The Morgan fingerprint density at radius 2 is 1.68 bits per heavy atom. The summed E-state index contributed by atoms with van der Waals surface area (Å²) in [7, 11) is 0. The number of amides is 2. The Labute approximate surface area is 164 Å². The highest BCUT2D eigenvalue weighted by molar-refractivity contribution is 6.30.